The number of para-hydroxylation sites is 1. The third-order valence-electron chi connectivity index (χ3n) is 16.1. The number of carboxylic acids is 2. The molecule has 95 heavy (non-hydrogen) atoms. The van der Waals surface area contributed by atoms with E-state index in [1.54, 1.807) is 117 Å². The van der Waals surface area contributed by atoms with Crippen molar-refractivity contribution in [3.8, 4) is 5.75 Å². The average Bonchev–Trinajstić information content (AvgIpc) is 1.78. The molecular formula is C67H87N13O15. The van der Waals surface area contributed by atoms with Crippen molar-refractivity contribution >= 4 is 81.9 Å². The Balaban J connectivity index is 1.24. The molecule has 4 aromatic carbocycles. The topological polar surface area (TPSA) is 459 Å². The van der Waals surface area contributed by atoms with Crippen molar-refractivity contribution in [2.45, 2.75) is 159 Å². The van der Waals surface area contributed by atoms with E-state index in [0.717, 1.165) is 0 Å². The lowest BCUT2D eigenvalue weighted by Gasteiger charge is -2.31. The number of hydrogen-bond donors (Lipinski definition) is 15. The van der Waals surface area contributed by atoms with E-state index in [2.05, 4.69) is 47.5 Å². The quantitative estimate of drug-likeness (QED) is 0.0255. The number of rotatable bonds is 36. The van der Waals surface area contributed by atoms with Gasteiger partial charge in [-0.3, -0.25) is 52.7 Å². The Labute approximate surface area is 549 Å². The molecule has 0 spiro atoms. The second-order valence-electron chi connectivity index (χ2n) is 24.4. The van der Waals surface area contributed by atoms with Gasteiger partial charge in [0.25, 0.3) is 0 Å². The third-order valence-corrected chi connectivity index (χ3v) is 16.1. The van der Waals surface area contributed by atoms with Gasteiger partial charge in [0.2, 0.25) is 59.1 Å². The molecule has 1 fully saturated rings. The van der Waals surface area contributed by atoms with Gasteiger partial charge in [0.05, 0.1) is 18.9 Å². The molecule has 10 amide bonds. The highest BCUT2D eigenvalue weighted by Gasteiger charge is 2.41. The zero-order valence-electron chi connectivity index (χ0n) is 53.5. The van der Waals surface area contributed by atoms with E-state index in [1.807, 2.05) is 13.8 Å². The number of aromatic hydroxyl groups is 1. The fourth-order valence-corrected chi connectivity index (χ4v) is 11.0. The number of nitrogens with two attached hydrogens (primary N) is 3. The van der Waals surface area contributed by atoms with Crippen LogP contribution in [-0.4, -0.2) is 170 Å². The van der Waals surface area contributed by atoms with Gasteiger partial charge in [-0.25, -0.2) is 4.79 Å². The first kappa shape index (κ1) is 73.8. The number of nitrogens with one attached hydrogen (secondary N) is 9. The van der Waals surface area contributed by atoms with Gasteiger partial charge in [-0.1, -0.05) is 119 Å². The molecule has 1 saturated heterocycles. The minimum Gasteiger partial charge on any atom is -0.508 e. The minimum absolute atomic E-state index is 0.0252. The van der Waals surface area contributed by atoms with Crippen LogP contribution in [0.5, 0.6) is 5.75 Å². The number of carbonyl (C=O) groups excluding carboxylic acids is 10. The molecule has 1 aromatic heterocycles. The average molecular weight is 1310 g/mol. The SMILES string of the molecule is CC(C)C[C@H](NC(=O)[C@H](CCCN)NC(=O)[C@@H](N)C(C)C)C(=O)N[C@@H](Cc1ccc(O)cc1)C(=O)N1CCC[C@H]1C(=O)N[C@@H](Cc1ccccc1)C(=O)N[C@@H](Cc1ccccc1)C(=O)N[C@@H](CC(N)=O)C(=O)N[C@@H](CC(=O)O)C(=O)N[C@@H](Cc1c[nH]c2ccccc12)C(=O)O. The number of aromatic nitrogens is 1. The zero-order valence-corrected chi connectivity index (χ0v) is 53.5. The highest BCUT2D eigenvalue weighted by Crippen LogP contribution is 2.23. The fraction of sp³-hybridized carbons (Fsp3) is 0.433. The Morgan fingerprint density at radius 3 is 1.58 bits per heavy atom. The standard InChI is InChI=1S/C67H87N13O15/c1-37(2)29-47(73-58(85)46(21-13-27-68)72-65(92)57(70)38(3)4)59(86)78-52(32-41-23-25-43(81)26-24-41)66(93)80-28-14-22-54(80)64(91)77-49(31-40-17-9-6-10-18-40)61(88)74-48(30-39-15-7-5-8-16-39)60(87)75-50(34-55(69)82)62(89)76-51(35-56(83)84)63(90)79-53(67(94)95)33-42-36-71-45-20-12-11-19-44(42)45/h5-12,15-20,23-26,36-38,46-54,57,71,81H,13-14,21-22,27-35,68,70H2,1-4H3,(H2,69,82)(H,72,92)(H,73,85)(H,74,88)(H,75,87)(H,76,89)(H,77,91)(H,78,86)(H,79,90)(H,83,84)(H,94,95)/t46-,47-,48-,49-,50-,51-,52-,53-,54-,57-/m0/s1. The first-order chi connectivity index (χ1) is 45.2. The smallest absolute Gasteiger partial charge is 0.326 e. The monoisotopic (exact) mass is 1310 g/mol. The molecule has 1 aliphatic heterocycles. The summed E-state index contributed by atoms with van der Waals surface area (Å²) in [6.45, 7) is 7.38. The Hall–Kier alpha value is -10.2. The maximum atomic E-state index is 15.1. The summed E-state index contributed by atoms with van der Waals surface area (Å²) in [6, 6.07) is 15.2. The molecule has 2 heterocycles. The number of aromatic amines is 1. The number of carboxylic acid groups (broad SMARTS) is 2. The molecule has 10 atom stereocenters. The van der Waals surface area contributed by atoms with Crippen LogP contribution in [0.15, 0.2) is 115 Å². The lowest BCUT2D eigenvalue weighted by atomic mass is 9.99. The summed E-state index contributed by atoms with van der Waals surface area (Å²) in [5.74, 6) is -12.7. The number of likely N-dealkylation sites (tertiary alicyclic amines) is 1. The van der Waals surface area contributed by atoms with Crippen LogP contribution in [0.3, 0.4) is 0 Å². The summed E-state index contributed by atoms with van der Waals surface area (Å²) < 4.78 is 0. The van der Waals surface area contributed by atoms with E-state index < -0.39 is 144 Å². The molecule has 0 unspecified atom stereocenters. The zero-order chi connectivity index (χ0) is 69.5. The van der Waals surface area contributed by atoms with Gasteiger partial charge in [0.1, 0.15) is 60.1 Å². The lowest BCUT2D eigenvalue weighted by Crippen LogP contribution is -2.61. The van der Waals surface area contributed by atoms with Crippen LogP contribution >= 0.6 is 0 Å². The highest BCUT2D eigenvalue weighted by molar-refractivity contribution is 6.00. The van der Waals surface area contributed by atoms with E-state index in [0.29, 0.717) is 46.0 Å². The van der Waals surface area contributed by atoms with E-state index in [9.17, 15) is 68.1 Å². The predicted octanol–water partition coefficient (Wildman–Crippen LogP) is 0.217. The number of fused-ring (bicyclic) bond motifs is 1. The van der Waals surface area contributed by atoms with Crippen LogP contribution in [0.4, 0.5) is 0 Å². The van der Waals surface area contributed by atoms with Crippen molar-refractivity contribution in [3.05, 3.63) is 138 Å². The summed E-state index contributed by atoms with van der Waals surface area (Å²) in [5, 5.41) is 51.4. The molecular weight excluding hydrogens is 1230 g/mol. The summed E-state index contributed by atoms with van der Waals surface area (Å²) in [4.78, 5) is 170. The molecule has 1 aliphatic rings. The first-order valence-corrected chi connectivity index (χ1v) is 31.5. The van der Waals surface area contributed by atoms with Crippen LogP contribution in [0, 0.1) is 11.8 Å². The molecule has 0 aliphatic carbocycles. The largest absolute Gasteiger partial charge is 0.508 e. The normalized spacial score (nSPS) is 15.7. The van der Waals surface area contributed by atoms with Gasteiger partial charge in [0, 0.05) is 49.3 Å². The van der Waals surface area contributed by atoms with Crippen molar-refractivity contribution in [1.29, 1.82) is 0 Å². The predicted molar refractivity (Wildman–Crippen MR) is 349 cm³/mol. The van der Waals surface area contributed by atoms with Gasteiger partial charge in [-0.2, -0.15) is 0 Å². The number of phenols is 1. The Kier molecular flexibility index (Phi) is 27.8. The number of aliphatic carboxylic acids is 2. The molecule has 0 bridgehead atoms. The number of benzene rings is 4. The first-order valence-electron chi connectivity index (χ1n) is 31.5. The minimum atomic E-state index is -1.96. The van der Waals surface area contributed by atoms with Crippen LogP contribution in [0.2, 0.25) is 0 Å². The van der Waals surface area contributed by atoms with Gasteiger partial charge in [-0.05, 0) is 90.9 Å². The lowest BCUT2D eigenvalue weighted by molar-refractivity contribution is -0.144. The van der Waals surface area contributed by atoms with E-state index in [4.69, 9.17) is 17.2 Å². The molecule has 28 nitrogen and oxygen atoms in total. The molecule has 6 rings (SSSR count). The van der Waals surface area contributed by atoms with Crippen LogP contribution in [0.1, 0.15) is 94.9 Å². The molecule has 0 saturated carbocycles. The van der Waals surface area contributed by atoms with Crippen molar-refractivity contribution in [3.63, 3.8) is 0 Å². The maximum Gasteiger partial charge on any atom is 0.326 e. The summed E-state index contributed by atoms with van der Waals surface area (Å²) in [7, 11) is 0. The second-order valence-corrected chi connectivity index (χ2v) is 24.4. The van der Waals surface area contributed by atoms with Crippen LogP contribution in [-0.2, 0) is 83.2 Å². The molecule has 28 heteroatoms. The van der Waals surface area contributed by atoms with E-state index >= 15 is 4.79 Å². The van der Waals surface area contributed by atoms with Gasteiger partial charge < -0.3 is 84.9 Å². The number of primary amides is 1. The number of phenolic OH excluding ortho intramolecular Hbond substituents is 1. The maximum absolute atomic E-state index is 15.1. The number of H-pyrrole nitrogens is 1. The highest BCUT2D eigenvalue weighted by atomic mass is 16.4. The van der Waals surface area contributed by atoms with E-state index in [1.165, 1.54) is 17.0 Å². The van der Waals surface area contributed by atoms with Gasteiger partial charge in [0.15, 0.2) is 0 Å². The summed E-state index contributed by atoms with van der Waals surface area (Å²) in [6.07, 6.45) is -0.290. The number of hydrogen-bond acceptors (Lipinski definition) is 15. The Bertz CT molecular complexity index is 3500. The number of amides is 10. The van der Waals surface area contributed by atoms with Crippen LogP contribution in [0.25, 0.3) is 10.9 Å². The second kappa shape index (κ2) is 35.7. The Morgan fingerprint density at radius 1 is 0.547 bits per heavy atom. The van der Waals surface area contributed by atoms with Gasteiger partial charge >= 0.3 is 11.9 Å². The number of nitrogens with zero attached hydrogens (tertiary/aromatic N) is 1. The number of carbonyl (C=O) groups is 12. The molecule has 510 valence electrons. The molecule has 5 aromatic rings. The van der Waals surface area contributed by atoms with E-state index in [-0.39, 0.29) is 75.6 Å². The van der Waals surface area contributed by atoms with Crippen molar-refractivity contribution < 1.29 is 72.9 Å². The summed E-state index contributed by atoms with van der Waals surface area (Å²) >= 11 is 0. The molecule has 18 N–H and O–H groups in total. The third kappa shape index (κ3) is 22.5. The van der Waals surface area contributed by atoms with Crippen molar-refractivity contribution in [1.82, 2.24) is 52.4 Å². The van der Waals surface area contributed by atoms with Crippen molar-refractivity contribution in [2.75, 3.05) is 13.1 Å². The summed E-state index contributed by atoms with van der Waals surface area (Å²) in [5.41, 5.74) is 20.2. The fourth-order valence-electron chi connectivity index (χ4n) is 11.0. The van der Waals surface area contributed by atoms with Crippen LogP contribution < -0.4 is 59.7 Å². The van der Waals surface area contributed by atoms with Gasteiger partial charge in [-0.15, -0.1) is 0 Å². The Morgan fingerprint density at radius 2 is 1.02 bits per heavy atom. The van der Waals surface area contributed by atoms with Crippen molar-refractivity contribution in [2.24, 2.45) is 29.0 Å². The molecule has 0 radical (unpaired) electrons.